The molecule has 1 atom stereocenters. The van der Waals surface area contributed by atoms with E-state index in [0.29, 0.717) is 5.56 Å². The summed E-state index contributed by atoms with van der Waals surface area (Å²) in [7, 11) is 0. The van der Waals surface area contributed by atoms with Gasteiger partial charge in [-0.3, -0.25) is 4.98 Å². The second-order valence-electron chi connectivity index (χ2n) is 6.30. The molecule has 5 heteroatoms. The minimum atomic E-state index is -2.75. The van der Waals surface area contributed by atoms with Crippen molar-refractivity contribution in [3.05, 3.63) is 62.0 Å². The van der Waals surface area contributed by atoms with Crippen molar-refractivity contribution in [2.75, 3.05) is 13.1 Å². The van der Waals surface area contributed by atoms with Crippen LogP contribution in [0.2, 0.25) is 0 Å². The fraction of sp³-hybridized carbons (Fsp3) is 0.389. The van der Waals surface area contributed by atoms with Gasteiger partial charge in [-0.05, 0) is 88.5 Å². The van der Waals surface area contributed by atoms with Crippen molar-refractivity contribution >= 4 is 22.6 Å². The molecule has 0 spiro atoms. The molecular formula is C18H17F2IN2. The molecule has 0 amide bonds. The summed E-state index contributed by atoms with van der Waals surface area (Å²) >= 11 is 2.22. The maximum absolute atomic E-state index is 14.9. The fourth-order valence-electron chi connectivity index (χ4n) is 3.92. The summed E-state index contributed by atoms with van der Waals surface area (Å²) in [5.41, 5.74) is 4.69. The Kier molecular flexibility index (Phi) is 3.88. The Morgan fingerprint density at radius 3 is 2.83 bits per heavy atom. The molecule has 120 valence electrons. The summed E-state index contributed by atoms with van der Waals surface area (Å²) < 4.78 is 30.8. The molecule has 1 aliphatic carbocycles. The molecule has 1 unspecified atom stereocenters. The Morgan fingerprint density at radius 2 is 2.04 bits per heavy atom. The number of pyridine rings is 1. The number of fused-ring (bicyclic) bond motifs is 3. The van der Waals surface area contributed by atoms with Crippen LogP contribution in [0.3, 0.4) is 0 Å². The predicted octanol–water partition coefficient (Wildman–Crippen LogP) is 3.70. The topological polar surface area (TPSA) is 24.9 Å². The van der Waals surface area contributed by atoms with Crippen LogP contribution in [0.1, 0.15) is 33.7 Å². The lowest BCUT2D eigenvalue weighted by molar-refractivity contribution is -0.00387. The average molecular weight is 426 g/mol. The van der Waals surface area contributed by atoms with Crippen LogP contribution >= 0.6 is 22.6 Å². The second-order valence-corrected chi connectivity index (χ2v) is 7.46. The fourth-order valence-corrected chi connectivity index (χ4v) is 4.78. The molecule has 1 aromatic heterocycles. The summed E-state index contributed by atoms with van der Waals surface area (Å²) in [5, 5.41) is 3.38. The van der Waals surface area contributed by atoms with Crippen LogP contribution in [0.15, 0.2) is 30.6 Å². The Morgan fingerprint density at radius 1 is 1.22 bits per heavy atom. The highest BCUT2D eigenvalue weighted by molar-refractivity contribution is 14.1. The van der Waals surface area contributed by atoms with E-state index in [2.05, 4.69) is 39.0 Å². The molecule has 0 radical (unpaired) electrons. The molecule has 2 nitrogen and oxygen atoms in total. The van der Waals surface area contributed by atoms with E-state index in [1.165, 1.54) is 5.56 Å². The number of rotatable bonds is 1. The molecular weight excluding hydrogens is 409 g/mol. The average Bonchev–Trinajstić information content (AvgIpc) is 2.68. The first-order valence-corrected chi connectivity index (χ1v) is 8.97. The standard InChI is InChI=1S/C18H17F2IN2/c19-18(20)9-14-15(21)8-11-3-6-22-7-4-13(11)16(14)17(18)12-2-1-5-23-10-12/h1-2,5,8,10,17,22H,3-4,6-7,9H2. The van der Waals surface area contributed by atoms with Gasteiger partial charge >= 0.3 is 0 Å². The summed E-state index contributed by atoms with van der Waals surface area (Å²) in [6, 6.07) is 5.64. The molecule has 1 N–H and O–H groups in total. The third-order valence-electron chi connectivity index (χ3n) is 4.89. The number of alkyl halides is 2. The van der Waals surface area contributed by atoms with Gasteiger partial charge in [0.1, 0.15) is 0 Å². The highest BCUT2D eigenvalue weighted by atomic mass is 127. The zero-order valence-corrected chi connectivity index (χ0v) is 14.7. The maximum atomic E-state index is 14.9. The van der Waals surface area contributed by atoms with E-state index in [0.717, 1.165) is 46.2 Å². The van der Waals surface area contributed by atoms with E-state index in [1.54, 1.807) is 24.5 Å². The van der Waals surface area contributed by atoms with Crippen LogP contribution < -0.4 is 5.32 Å². The summed E-state index contributed by atoms with van der Waals surface area (Å²) in [4.78, 5) is 4.07. The van der Waals surface area contributed by atoms with Crippen LogP contribution in [0.25, 0.3) is 0 Å². The lowest BCUT2D eigenvalue weighted by atomic mass is 9.85. The van der Waals surface area contributed by atoms with E-state index in [-0.39, 0.29) is 6.42 Å². The molecule has 1 aromatic carbocycles. The SMILES string of the molecule is FC1(F)Cc2c(I)cc3c(c2C1c1cccnc1)CCNCC3. The van der Waals surface area contributed by atoms with Crippen molar-refractivity contribution in [3.63, 3.8) is 0 Å². The summed E-state index contributed by atoms with van der Waals surface area (Å²) in [5.74, 6) is -3.62. The van der Waals surface area contributed by atoms with Gasteiger partial charge in [0, 0.05) is 22.4 Å². The van der Waals surface area contributed by atoms with Crippen molar-refractivity contribution in [2.45, 2.75) is 31.1 Å². The number of halogens is 3. The highest BCUT2D eigenvalue weighted by Crippen LogP contribution is 2.51. The Balaban J connectivity index is 1.96. The Hall–Kier alpha value is -1.08. The minimum absolute atomic E-state index is 0.166. The van der Waals surface area contributed by atoms with Gasteiger partial charge in [0.05, 0.1) is 5.92 Å². The highest BCUT2D eigenvalue weighted by Gasteiger charge is 2.50. The molecule has 2 heterocycles. The van der Waals surface area contributed by atoms with E-state index in [9.17, 15) is 8.78 Å². The molecule has 0 bridgehead atoms. The van der Waals surface area contributed by atoms with Crippen LogP contribution in [0.4, 0.5) is 8.78 Å². The minimum Gasteiger partial charge on any atom is -0.316 e. The van der Waals surface area contributed by atoms with Gasteiger partial charge in [0.2, 0.25) is 0 Å². The van der Waals surface area contributed by atoms with E-state index < -0.39 is 11.8 Å². The molecule has 0 saturated carbocycles. The van der Waals surface area contributed by atoms with E-state index in [4.69, 9.17) is 0 Å². The van der Waals surface area contributed by atoms with Crippen LogP contribution in [-0.4, -0.2) is 24.0 Å². The molecule has 23 heavy (non-hydrogen) atoms. The maximum Gasteiger partial charge on any atom is 0.262 e. The van der Waals surface area contributed by atoms with Crippen molar-refractivity contribution in [2.24, 2.45) is 0 Å². The third-order valence-corrected chi connectivity index (χ3v) is 5.85. The van der Waals surface area contributed by atoms with Gasteiger partial charge in [-0.2, -0.15) is 0 Å². The van der Waals surface area contributed by atoms with Crippen molar-refractivity contribution in [1.29, 1.82) is 0 Å². The number of hydrogen-bond donors (Lipinski definition) is 1. The number of benzene rings is 1. The van der Waals surface area contributed by atoms with Crippen LogP contribution in [-0.2, 0) is 19.3 Å². The number of hydrogen-bond acceptors (Lipinski definition) is 2. The third kappa shape index (κ3) is 2.58. The first-order valence-electron chi connectivity index (χ1n) is 7.89. The molecule has 1 aliphatic heterocycles. The zero-order chi connectivity index (χ0) is 16.0. The first-order chi connectivity index (χ1) is 11.1. The van der Waals surface area contributed by atoms with Gasteiger partial charge in [0.25, 0.3) is 5.92 Å². The smallest absolute Gasteiger partial charge is 0.262 e. The molecule has 2 aromatic rings. The molecule has 0 fully saturated rings. The molecule has 4 rings (SSSR count). The number of nitrogens with zero attached hydrogens (tertiary/aromatic N) is 1. The summed E-state index contributed by atoms with van der Waals surface area (Å²) in [6.45, 7) is 1.77. The van der Waals surface area contributed by atoms with Gasteiger partial charge in [-0.1, -0.05) is 6.07 Å². The Labute approximate surface area is 147 Å². The number of aromatic nitrogens is 1. The molecule has 0 saturated heterocycles. The first kappa shape index (κ1) is 15.4. The monoisotopic (exact) mass is 426 g/mol. The lowest BCUT2D eigenvalue weighted by Gasteiger charge is -2.23. The van der Waals surface area contributed by atoms with Crippen LogP contribution in [0, 0.1) is 3.57 Å². The summed E-state index contributed by atoms with van der Waals surface area (Å²) in [6.07, 6.45) is 4.79. The van der Waals surface area contributed by atoms with Gasteiger partial charge in [-0.25, -0.2) is 8.78 Å². The predicted molar refractivity (Wildman–Crippen MR) is 94.2 cm³/mol. The zero-order valence-electron chi connectivity index (χ0n) is 12.6. The lowest BCUT2D eigenvalue weighted by Crippen LogP contribution is -2.24. The van der Waals surface area contributed by atoms with Gasteiger partial charge < -0.3 is 5.32 Å². The van der Waals surface area contributed by atoms with Crippen molar-refractivity contribution in [3.8, 4) is 0 Å². The number of nitrogens with one attached hydrogen (secondary N) is 1. The van der Waals surface area contributed by atoms with Gasteiger partial charge in [-0.15, -0.1) is 0 Å². The van der Waals surface area contributed by atoms with E-state index >= 15 is 0 Å². The largest absolute Gasteiger partial charge is 0.316 e. The van der Waals surface area contributed by atoms with Crippen LogP contribution in [0.5, 0.6) is 0 Å². The quantitative estimate of drug-likeness (QED) is 0.704. The molecule has 2 aliphatic rings. The second kappa shape index (κ2) is 5.77. The van der Waals surface area contributed by atoms with Crippen molar-refractivity contribution in [1.82, 2.24) is 10.3 Å². The Bertz CT molecular complexity index is 746. The van der Waals surface area contributed by atoms with Gasteiger partial charge in [0.15, 0.2) is 0 Å². The normalized spacial score (nSPS) is 22.3. The van der Waals surface area contributed by atoms with E-state index in [1.807, 2.05) is 0 Å². The van der Waals surface area contributed by atoms with Crippen molar-refractivity contribution < 1.29 is 8.78 Å².